The number of hydrogen-bond donors (Lipinski definition) is 2. The van der Waals surface area contributed by atoms with Gasteiger partial charge in [-0.3, -0.25) is 4.72 Å². The second-order valence-corrected chi connectivity index (χ2v) is 7.31. The standard InChI is InChI=1S/C13H11BrClFN2O2S/c1-7-2-3-8(15)4-12(7)18-21(19,20)13-5-9(14)10(16)6-11(13)17/h2-6,18H,17H2,1H3. The van der Waals surface area contributed by atoms with E-state index >= 15 is 0 Å². The third-order valence-electron chi connectivity index (χ3n) is 2.79. The maximum Gasteiger partial charge on any atom is 0.263 e. The third-order valence-corrected chi connectivity index (χ3v) is 5.05. The van der Waals surface area contributed by atoms with Crippen LogP contribution < -0.4 is 10.5 Å². The number of halogens is 3. The van der Waals surface area contributed by atoms with Crippen molar-refractivity contribution >= 4 is 48.9 Å². The molecule has 0 unspecified atom stereocenters. The van der Waals surface area contributed by atoms with Crippen molar-refractivity contribution in [1.82, 2.24) is 0 Å². The number of aryl methyl sites for hydroxylation is 1. The van der Waals surface area contributed by atoms with E-state index in [0.717, 1.165) is 12.1 Å². The van der Waals surface area contributed by atoms with Gasteiger partial charge < -0.3 is 5.73 Å². The number of rotatable bonds is 3. The number of benzene rings is 2. The molecule has 0 aliphatic heterocycles. The summed E-state index contributed by atoms with van der Waals surface area (Å²) in [6, 6.07) is 6.89. The molecule has 0 saturated carbocycles. The van der Waals surface area contributed by atoms with E-state index in [1.807, 2.05) is 0 Å². The maximum atomic E-state index is 13.3. The van der Waals surface area contributed by atoms with Crippen LogP contribution in [0.3, 0.4) is 0 Å². The van der Waals surface area contributed by atoms with Gasteiger partial charge in [-0.05, 0) is 52.7 Å². The minimum absolute atomic E-state index is 0.0138. The van der Waals surface area contributed by atoms with Crippen molar-refractivity contribution in [2.45, 2.75) is 11.8 Å². The van der Waals surface area contributed by atoms with E-state index in [4.69, 9.17) is 17.3 Å². The molecule has 4 nitrogen and oxygen atoms in total. The lowest BCUT2D eigenvalue weighted by atomic mass is 10.2. The summed E-state index contributed by atoms with van der Waals surface area (Å²) in [5.74, 6) is -0.634. The molecule has 0 radical (unpaired) electrons. The molecule has 0 aliphatic carbocycles. The molecule has 112 valence electrons. The van der Waals surface area contributed by atoms with Gasteiger partial charge in [0.2, 0.25) is 0 Å². The number of hydrogen-bond acceptors (Lipinski definition) is 3. The van der Waals surface area contributed by atoms with Crippen molar-refractivity contribution in [3.05, 3.63) is 51.2 Å². The highest BCUT2D eigenvalue weighted by Crippen LogP contribution is 2.29. The van der Waals surface area contributed by atoms with Crippen LogP contribution in [0.25, 0.3) is 0 Å². The summed E-state index contributed by atoms with van der Waals surface area (Å²) in [4.78, 5) is -0.213. The molecule has 3 N–H and O–H groups in total. The van der Waals surface area contributed by atoms with Gasteiger partial charge >= 0.3 is 0 Å². The van der Waals surface area contributed by atoms with E-state index in [9.17, 15) is 12.8 Å². The van der Waals surface area contributed by atoms with Crippen molar-refractivity contribution in [3.8, 4) is 0 Å². The monoisotopic (exact) mass is 392 g/mol. The fourth-order valence-corrected chi connectivity index (χ4v) is 3.61. The lowest BCUT2D eigenvalue weighted by molar-refractivity contribution is 0.599. The molecule has 8 heteroatoms. The average Bonchev–Trinajstić information content (AvgIpc) is 2.37. The molecule has 0 amide bonds. The van der Waals surface area contributed by atoms with E-state index < -0.39 is 15.8 Å². The van der Waals surface area contributed by atoms with Crippen molar-refractivity contribution < 1.29 is 12.8 Å². The molecule has 0 bridgehead atoms. The van der Waals surface area contributed by atoms with Crippen LogP contribution in [0.1, 0.15) is 5.56 Å². The number of nitrogens with one attached hydrogen (secondary N) is 1. The summed E-state index contributed by atoms with van der Waals surface area (Å²) in [7, 11) is -3.95. The predicted molar refractivity (Wildman–Crippen MR) is 85.5 cm³/mol. The highest BCUT2D eigenvalue weighted by Gasteiger charge is 2.20. The van der Waals surface area contributed by atoms with Crippen molar-refractivity contribution in [2.24, 2.45) is 0 Å². The normalized spacial score (nSPS) is 11.4. The molecule has 2 rings (SSSR count). The predicted octanol–water partition coefficient (Wildman–Crippen LogP) is 3.93. The summed E-state index contributed by atoms with van der Waals surface area (Å²) in [5.41, 5.74) is 6.45. The summed E-state index contributed by atoms with van der Waals surface area (Å²) in [6.07, 6.45) is 0. The van der Waals surface area contributed by atoms with Crippen LogP contribution in [0.2, 0.25) is 5.02 Å². The first-order valence-electron chi connectivity index (χ1n) is 5.74. The molecule has 0 aromatic heterocycles. The third kappa shape index (κ3) is 3.48. The topological polar surface area (TPSA) is 72.2 Å². The van der Waals surface area contributed by atoms with Gasteiger partial charge in [0, 0.05) is 5.02 Å². The van der Waals surface area contributed by atoms with E-state index in [1.54, 1.807) is 19.1 Å². The van der Waals surface area contributed by atoms with Gasteiger partial charge in [-0.15, -0.1) is 0 Å². The number of anilines is 2. The molecule has 2 aromatic carbocycles. The van der Waals surface area contributed by atoms with Gasteiger partial charge in [-0.2, -0.15) is 0 Å². The molecular weight excluding hydrogens is 383 g/mol. The molecular formula is C13H11BrClFN2O2S. The van der Waals surface area contributed by atoms with Crippen molar-refractivity contribution in [3.63, 3.8) is 0 Å². The minimum Gasteiger partial charge on any atom is -0.398 e. The zero-order valence-electron chi connectivity index (χ0n) is 10.8. The molecule has 0 atom stereocenters. The van der Waals surface area contributed by atoms with Crippen molar-refractivity contribution in [2.75, 3.05) is 10.5 Å². The van der Waals surface area contributed by atoms with Gasteiger partial charge in [0.1, 0.15) is 10.7 Å². The molecule has 21 heavy (non-hydrogen) atoms. The zero-order valence-corrected chi connectivity index (χ0v) is 14.0. The van der Waals surface area contributed by atoms with Gasteiger partial charge in [0.15, 0.2) is 0 Å². The van der Waals surface area contributed by atoms with Crippen LogP contribution in [0.4, 0.5) is 15.8 Å². The Morgan fingerprint density at radius 2 is 1.95 bits per heavy atom. The van der Waals surface area contributed by atoms with Crippen LogP contribution in [0, 0.1) is 12.7 Å². The molecule has 0 spiro atoms. The Labute approximate surface area is 135 Å². The summed E-state index contributed by atoms with van der Waals surface area (Å²) < 4.78 is 40.5. The van der Waals surface area contributed by atoms with E-state index in [0.29, 0.717) is 16.3 Å². The fraction of sp³-hybridized carbons (Fsp3) is 0.0769. The van der Waals surface area contributed by atoms with Crippen LogP contribution in [0.15, 0.2) is 39.7 Å². The quantitative estimate of drug-likeness (QED) is 0.776. The Kier molecular flexibility index (Phi) is 4.46. The Bertz CT molecular complexity index is 812. The molecule has 0 aliphatic rings. The SMILES string of the molecule is Cc1ccc(Cl)cc1NS(=O)(=O)c1cc(Br)c(F)cc1N. The summed E-state index contributed by atoms with van der Waals surface area (Å²) >= 11 is 8.79. The van der Waals surface area contributed by atoms with Gasteiger partial charge in [-0.25, -0.2) is 12.8 Å². The summed E-state index contributed by atoms with van der Waals surface area (Å²) in [5, 5.41) is 0.395. The molecule has 0 saturated heterocycles. The number of nitrogens with two attached hydrogens (primary N) is 1. The van der Waals surface area contributed by atoms with Crippen molar-refractivity contribution in [1.29, 1.82) is 0 Å². The molecule has 2 aromatic rings. The van der Waals surface area contributed by atoms with Crippen LogP contribution in [-0.4, -0.2) is 8.42 Å². The van der Waals surface area contributed by atoms with Crippen LogP contribution in [0.5, 0.6) is 0 Å². The van der Waals surface area contributed by atoms with Gasteiger partial charge in [-0.1, -0.05) is 17.7 Å². The van der Waals surface area contributed by atoms with E-state index in [1.165, 1.54) is 6.07 Å². The Balaban J connectivity index is 2.48. The number of nitrogen functional groups attached to an aromatic ring is 1. The Morgan fingerprint density at radius 1 is 1.29 bits per heavy atom. The molecule has 0 heterocycles. The first kappa shape index (κ1) is 16.1. The minimum atomic E-state index is -3.95. The fourth-order valence-electron chi connectivity index (χ4n) is 1.68. The summed E-state index contributed by atoms with van der Waals surface area (Å²) in [6.45, 7) is 1.73. The average molecular weight is 394 g/mol. The van der Waals surface area contributed by atoms with E-state index in [-0.39, 0.29) is 15.1 Å². The van der Waals surface area contributed by atoms with Crippen LogP contribution in [-0.2, 0) is 10.0 Å². The van der Waals surface area contributed by atoms with Gasteiger partial charge in [0.05, 0.1) is 15.8 Å². The first-order chi connectivity index (χ1) is 9.70. The maximum absolute atomic E-state index is 13.3. The van der Waals surface area contributed by atoms with E-state index in [2.05, 4.69) is 20.7 Å². The second-order valence-electron chi connectivity index (χ2n) is 4.37. The highest BCUT2D eigenvalue weighted by atomic mass is 79.9. The highest BCUT2D eigenvalue weighted by molar-refractivity contribution is 9.10. The van der Waals surface area contributed by atoms with Gasteiger partial charge in [0.25, 0.3) is 10.0 Å². The number of sulfonamides is 1. The molecule has 0 fully saturated rings. The lowest BCUT2D eigenvalue weighted by Gasteiger charge is -2.13. The zero-order chi connectivity index (χ0) is 15.8. The smallest absolute Gasteiger partial charge is 0.263 e. The second kappa shape index (κ2) is 5.82. The largest absolute Gasteiger partial charge is 0.398 e. The lowest BCUT2D eigenvalue weighted by Crippen LogP contribution is -2.16. The Hall–Kier alpha value is -1.31. The first-order valence-corrected chi connectivity index (χ1v) is 8.39. The van der Waals surface area contributed by atoms with Crippen LogP contribution >= 0.6 is 27.5 Å². The Morgan fingerprint density at radius 3 is 2.62 bits per heavy atom.